The second-order valence-corrected chi connectivity index (χ2v) is 14.1. The number of hydrogen-bond donors (Lipinski definition) is 0. The van der Waals surface area contributed by atoms with Crippen molar-refractivity contribution in [3.05, 3.63) is 205 Å². The molecule has 0 spiro atoms. The van der Waals surface area contributed by atoms with Gasteiger partial charge in [-0.25, -0.2) is 0 Å². The van der Waals surface area contributed by atoms with Crippen molar-refractivity contribution in [1.82, 2.24) is 0 Å². The van der Waals surface area contributed by atoms with Gasteiger partial charge in [0, 0.05) is 34.4 Å². The Morgan fingerprint density at radius 1 is 0.460 bits per heavy atom. The first kappa shape index (κ1) is 29.1. The van der Waals surface area contributed by atoms with Crippen LogP contribution in [-0.4, -0.2) is 6.04 Å². The number of para-hydroxylation sites is 2. The average molecular weight is 643 g/mol. The molecule has 240 valence electrons. The second kappa shape index (κ2) is 11.9. The van der Waals surface area contributed by atoms with Crippen molar-refractivity contribution in [2.45, 2.75) is 12.5 Å². The van der Waals surface area contributed by atoms with Crippen molar-refractivity contribution in [2.75, 3.05) is 9.80 Å². The summed E-state index contributed by atoms with van der Waals surface area (Å²) in [5.74, 6) is 1.65. The van der Waals surface area contributed by atoms with Crippen LogP contribution in [0.5, 0.6) is 0 Å². The minimum Gasteiger partial charge on any atom is -0.331 e. The molecular weight excluding hydrogens is 605 g/mol. The van der Waals surface area contributed by atoms with E-state index in [0.717, 1.165) is 6.42 Å². The van der Waals surface area contributed by atoms with E-state index in [1.165, 1.54) is 55.6 Å². The molecule has 6 aromatic rings. The average Bonchev–Trinajstić information content (AvgIpc) is 3.19. The number of hydrogen-bond acceptors (Lipinski definition) is 2. The van der Waals surface area contributed by atoms with Gasteiger partial charge in [-0.1, -0.05) is 134 Å². The van der Waals surface area contributed by atoms with E-state index < -0.39 is 0 Å². The van der Waals surface area contributed by atoms with Gasteiger partial charge in [0.2, 0.25) is 0 Å². The number of fused-ring (bicyclic) bond motifs is 2. The van der Waals surface area contributed by atoms with Crippen LogP contribution in [0.2, 0.25) is 0 Å². The van der Waals surface area contributed by atoms with Gasteiger partial charge in [0.1, 0.15) is 0 Å². The van der Waals surface area contributed by atoms with Gasteiger partial charge in [0.05, 0.1) is 6.04 Å². The fraction of sp³-hybridized carbons (Fsp3) is 0.125. The normalized spacial score (nSPS) is 23.1. The molecule has 10 rings (SSSR count). The maximum Gasteiger partial charge on any atom is 0.0739 e. The number of nitrogens with zero attached hydrogens (tertiary/aromatic N) is 2. The van der Waals surface area contributed by atoms with E-state index >= 15 is 0 Å². The minimum absolute atomic E-state index is 0.133. The summed E-state index contributed by atoms with van der Waals surface area (Å²) in [6, 6.07) is 53.2. The Labute approximate surface area is 294 Å². The first-order chi connectivity index (χ1) is 24.8. The third kappa shape index (κ3) is 4.78. The Kier molecular flexibility index (Phi) is 6.94. The molecule has 0 bridgehead atoms. The molecule has 2 nitrogen and oxygen atoms in total. The van der Waals surface area contributed by atoms with Gasteiger partial charge < -0.3 is 9.80 Å². The molecule has 0 N–H and O–H groups in total. The minimum atomic E-state index is 0.133. The highest BCUT2D eigenvalue weighted by atomic mass is 15.2. The molecular formula is C48H38N2. The third-order valence-electron chi connectivity index (χ3n) is 11.4. The molecule has 6 aromatic carbocycles. The Balaban J connectivity index is 1.11. The van der Waals surface area contributed by atoms with Gasteiger partial charge in [0.15, 0.2) is 0 Å². The first-order valence-electron chi connectivity index (χ1n) is 18.0. The molecule has 0 saturated heterocycles. The Bertz CT molecular complexity index is 2400. The lowest BCUT2D eigenvalue weighted by Gasteiger charge is -2.51. The molecule has 5 unspecified atom stereocenters. The van der Waals surface area contributed by atoms with Crippen molar-refractivity contribution in [3.63, 3.8) is 0 Å². The van der Waals surface area contributed by atoms with E-state index in [1.54, 1.807) is 5.57 Å². The predicted molar refractivity (Wildman–Crippen MR) is 210 cm³/mol. The van der Waals surface area contributed by atoms with Gasteiger partial charge in [-0.3, -0.25) is 0 Å². The molecule has 0 saturated carbocycles. The lowest BCUT2D eigenvalue weighted by molar-refractivity contribution is 0.266. The fourth-order valence-corrected chi connectivity index (χ4v) is 9.12. The molecule has 0 aliphatic heterocycles. The highest BCUT2D eigenvalue weighted by molar-refractivity contribution is 5.89. The number of benzene rings is 6. The number of anilines is 4. The zero-order valence-electron chi connectivity index (χ0n) is 27.9. The van der Waals surface area contributed by atoms with E-state index in [-0.39, 0.29) is 6.04 Å². The van der Waals surface area contributed by atoms with Crippen LogP contribution in [0.15, 0.2) is 205 Å². The van der Waals surface area contributed by atoms with E-state index in [0.29, 0.717) is 23.7 Å². The van der Waals surface area contributed by atoms with Gasteiger partial charge in [-0.2, -0.15) is 0 Å². The number of rotatable bonds is 6. The summed E-state index contributed by atoms with van der Waals surface area (Å²) in [4.78, 5) is 5.05. The molecule has 0 fully saturated rings. The maximum atomic E-state index is 2.59. The van der Waals surface area contributed by atoms with Crippen LogP contribution in [0, 0.1) is 23.7 Å². The standard InChI is InChI=1S/C48H38N2/c1-3-15-39(16-4-1)49(41-25-19-33-11-7-9-13-37(33)31-41)45-29-23-35-22-28-44-46(30-24-36-21-27-43(45)47(35)48(36)44)50(40-17-5-2-6-18-40)42-26-20-34-12-8-10-14-38(34)32-42/h1-21,23-32,35-36,46-48H,22H2. The van der Waals surface area contributed by atoms with Crippen molar-refractivity contribution in [3.8, 4) is 0 Å². The van der Waals surface area contributed by atoms with Crippen molar-refractivity contribution in [2.24, 2.45) is 23.7 Å². The molecule has 4 aliphatic rings. The molecule has 0 amide bonds. The summed E-state index contributed by atoms with van der Waals surface area (Å²) in [6.45, 7) is 0. The first-order valence-corrected chi connectivity index (χ1v) is 18.0. The fourth-order valence-electron chi connectivity index (χ4n) is 9.12. The smallest absolute Gasteiger partial charge is 0.0739 e. The molecule has 0 radical (unpaired) electrons. The molecule has 0 heterocycles. The summed E-state index contributed by atoms with van der Waals surface area (Å²) < 4.78 is 0. The van der Waals surface area contributed by atoms with Crippen LogP contribution in [-0.2, 0) is 0 Å². The van der Waals surface area contributed by atoms with Crippen LogP contribution in [0.4, 0.5) is 22.7 Å². The summed E-state index contributed by atoms with van der Waals surface area (Å²) in [5.41, 5.74) is 9.10. The van der Waals surface area contributed by atoms with Crippen LogP contribution in [0.3, 0.4) is 0 Å². The van der Waals surface area contributed by atoms with E-state index in [2.05, 4.69) is 198 Å². The lowest BCUT2D eigenvalue weighted by Crippen LogP contribution is -2.46. The van der Waals surface area contributed by atoms with Crippen LogP contribution >= 0.6 is 0 Å². The van der Waals surface area contributed by atoms with E-state index in [9.17, 15) is 0 Å². The Morgan fingerprint density at radius 3 is 1.80 bits per heavy atom. The SMILES string of the molecule is C1=CC2C=CC(N(c3ccccc3)c3ccc4ccccc4c3)C3=CCC4C=CC(N(c5ccccc5)c5ccc6ccccc6c5)=C1C4C32. The summed E-state index contributed by atoms with van der Waals surface area (Å²) in [5, 5.41) is 5.06. The van der Waals surface area contributed by atoms with Crippen LogP contribution < -0.4 is 9.80 Å². The second-order valence-electron chi connectivity index (χ2n) is 14.1. The quantitative estimate of drug-likeness (QED) is 0.167. The van der Waals surface area contributed by atoms with Crippen LogP contribution in [0.1, 0.15) is 6.42 Å². The molecule has 5 atom stereocenters. The third-order valence-corrected chi connectivity index (χ3v) is 11.4. The lowest BCUT2D eigenvalue weighted by atomic mass is 9.57. The van der Waals surface area contributed by atoms with Crippen molar-refractivity contribution >= 4 is 44.3 Å². The number of allylic oxidation sites excluding steroid dienone is 7. The van der Waals surface area contributed by atoms with Gasteiger partial charge in [-0.15, -0.1) is 0 Å². The zero-order valence-corrected chi connectivity index (χ0v) is 27.9. The highest BCUT2D eigenvalue weighted by Crippen LogP contribution is 2.55. The van der Waals surface area contributed by atoms with Crippen molar-refractivity contribution < 1.29 is 0 Å². The molecule has 4 aliphatic carbocycles. The maximum absolute atomic E-state index is 2.59. The Morgan fingerprint density at radius 2 is 1.08 bits per heavy atom. The van der Waals surface area contributed by atoms with Gasteiger partial charge in [0.25, 0.3) is 0 Å². The topological polar surface area (TPSA) is 6.48 Å². The monoisotopic (exact) mass is 642 g/mol. The highest BCUT2D eigenvalue weighted by Gasteiger charge is 2.47. The van der Waals surface area contributed by atoms with Crippen LogP contribution in [0.25, 0.3) is 21.5 Å². The molecule has 0 aromatic heterocycles. The van der Waals surface area contributed by atoms with Gasteiger partial charge >= 0.3 is 0 Å². The summed E-state index contributed by atoms with van der Waals surface area (Å²) >= 11 is 0. The predicted octanol–water partition coefficient (Wildman–Crippen LogP) is 12.1. The summed E-state index contributed by atoms with van der Waals surface area (Å²) in [7, 11) is 0. The zero-order chi connectivity index (χ0) is 33.0. The van der Waals surface area contributed by atoms with Crippen molar-refractivity contribution in [1.29, 1.82) is 0 Å². The van der Waals surface area contributed by atoms with E-state index in [1.807, 2.05) is 0 Å². The largest absolute Gasteiger partial charge is 0.331 e. The summed E-state index contributed by atoms with van der Waals surface area (Å²) in [6.07, 6.45) is 18.5. The van der Waals surface area contributed by atoms with E-state index in [4.69, 9.17) is 0 Å². The molecule has 50 heavy (non-hydrogen) atoms. The Hall–Kier alpha value is -5.86. The molecule has 2 heteroatoms. The van der Waals surface area contributed by atoms with Gasteiger partial charge in [-0.05, 0) is 111 Å².